The van der Waals surface area contributed by atoms with Gasteiger partial charge < -0.3 is 19.6 Å². The summed E-state index contributed by atoms with van der Waals surface area (Å²) in [6, 6.07) is 20.6. The van der Waals surface area contributed by atoms with Gasteiger partial charge in [-0.15, -0.1) is 0 Å². The minimum atomic E-state index is 0.0886. The highest BCUT2D eigenvalue weighted by molar-refractivity contribution is 6.13. The largest absolute Gasteiger partial charge is 0.380 e. The fourth-order valence-corrected chi connectivity index (χ4v) is 4.30. The summed E-state index contributed by atoms with van der Waals surface area (Å²) in [7, 11) is 1.74. The molecule has 0 radical (unpaired) electrons. The van der Waals surface area contributed by atoms with Crippen LogP contribution in [0.15, 0.2) is 84.2 Å². The number of imidazole rings is 1. The number of ether oxygens (including phenoxy) is 1. The average molecular weight is 439 g/mol. The second kappa shape index (κ2) is 9.26. The standard InChI is InChI=1S/C26H26N6O/c1-33-20-12-15-32(17-20)26(31-24(27)25-28-13-14-29-25)23-22(19-10-6-3-7-11-19)21(16-30-23)18-8-4-2-5-9-18/h2-11,13-14,16,20,27,30H,12,15,17H2,1H3,(H,28,29)/b27-24?,31-26+. The Morgan fingerprint density at radius 1 is 1.06 bits per heavy atom. The maximum atomic E-state index is 8.58. The molecule has 2 aromatic carbocycles. The van der Waals surface area contributed by atoms with Crippen molar-refractivity contribution in [2.45, 2.75) is 12.5 Å². The first kappa shape index (κ1) is 20.9. The van der Waals surface area contributed by atoms with E-state index in [9.17, 15) is 0 Å². The second-order valence-corrected chi connectivity index (χ2v) is 8.00. The van der Waals surface area contributed by atoms with Crippen LogP contribution in [0.4, 0.5) is 0 Å². The van der Waals surface area contributed by atoms with E-state index in [4.69, 9.17) is 15.1 Å². The smallest absolute Gasteiger partial charge is 0.190 e. The van der Waals surface area contributed by atoms with Gasteiger partial charge in [0.2, 0.25) is 0 Å². The van der Waals surface area contributed by atoms with Gasteiger partial charge in [0.25, 0.3) is 0 Å². The molecule has 0 amide bonds. The van der Waals surface area contributed by atoms with E-state index in [0.717, 1.165) is 46.7 Å². The summed E-state index contributed by atoms with van der Waals surface area (Å²) in [6.45, 7) is 1.52. The van der Waals surface area contributed by atoms with Crippen molar-refractivity contribution >= 4 is 11.7 Å². The van der Waals surface area contributed by atoms with Crippen molar-refractivity contribution in [3.05, 3.63) is 90.8 Å². The second-order valence-electron chi connectivity index (χ2n) is 8.00. The highest BCUT2D eigenvalue weighted by Gasteiger charge is 2.29. The van der Waals surface area contributed by atoms with Crippen LogP contribution in [0.3, 0.4) is 0 Å². The molecule has 1 fully saturated rings. The van der Waals surface area contributed by atoms with Crippen molar-refractivity contribution < 1.29 is 4.74 Å². The van der Waals surface area contributed by atoms with E-state index >= 15 is 0 Å². The normalized spacial score (nSPS) is 16.3. The molecule has 0 spiro atoms. The zero-order valence-electron chi connectivity index (χ0n) is 18.5. The van der Waals surface area contributed by atoms with Gasteiger partial charge in [-0.25, -0.2) is 9.98 Å². The van der Waals surface area contributed by atoms with Crippen LogP contribution in [0.2, 0.25) is 0 Å². The molecule has 1 atom stereocenters. The van der Waals surface area contributed by atoms with E-state index in [1.165, 1.54) is 0 Å². The molecule has 3 heterocycles. The topological polar surface area (TPSA) is 93.2 Å². The molecule has 166 valence electrons. The molecule has 1 aliphatic heterocycles. The number of H-pyrrole nitrogens is 2. The SMILES string of the molecule is COC1CCN(/C(=N/C(=N)c2ncc[nH]2)c2[nH]cc(-c3ccccc3)c2-c2ccccc2)C1. The molecular formula is C26H26N6O. The summed E-state index contributed by atoms with van der Waals surface area (Å²) in [5.41, 5.74) is 5.25. The van der Waals surface area contributed by atoms with Gasteiger partial charge in [-0.2, -0.15) is 0 Å². The Morgan fingerprint density at radius 2 is 1.79 bits per heavy atom. The van der Waals surface area contributed by atoms with Crippen LogP contribution in [0.5, 0.6) is 0 Å². The van der Waals surface area contributed by atoms with E-state index in [1.54, 1.807) is 19.5 Å². The number of nitrogens with zero attached hydrogens (tertiary/aromatic N) is 3. The van der Waals surface area contributed by atoms with Gasteiger partial charge in [-0.05, 0) is 17.5 Å². The Morgan fingerprint density at radius 3 is 2.42 bits per heavy atom. The number of likely N-dealkylation sites (tertiary alicyclic amines) is 1. The molecular weight excluding hydrogens is 412 g/mol. The third-order valence-corrected chi connectivity index (χ3v) is 5.97. The molecule has 0 aliphatic carbocycles. The predicted molar refractivity (Wildman–Crippen MR) is 131 cm³/mol. The minimum absolute atomic E-state index is 0.0886. The Hall–Kier alpha value is -3.97. The molecule has 1 aliphatic rings. The number of rotatable bonds is 5. The van der Waals surface area contributed by atoms with Gasteiger partial charge in [0.05, 0.1) is 11.8 Å². The molecule has 1 unspecified atom stereocenters. The predicted octanol–water partition coefficient (Wildman–Crippen LogP) is 4.56. The first-order valence-corrected chi connectivity index (χ1v) is 11.0. The quantitative estimate of drug-likeness (QED) is 0.315. The first-order chi connectivity index (χ1) is 16.2. The Balaban J connectivity index is 1.68. The van der Waals surface area contributed by atoms with Crippen molar-refractivity contribution in [2.75, 3.05) is 20.2 Å². The maximum Gasteiger partial charge on any atom is 0.190 e. The van der Waals surface area contributed by atoms with Crippen molar-refractivity contribution in [1.29, 1.82) is 5.41 Å². The lowest BCUT2D eigenvalue weighted by Crippen LogP contribution is -2.32. The van der Waals surface area contributed by atoms with Gasteiger partial charge >= 0.3 is 0 Å². The monoisotopic (exact) mass is 438 g/mol. The Bertz CT molecular complexity index is 1240. The molecule has 2 aromatic heterocycles. The number of aromatic nitrogens is 3. The van der Waals surface area contributed by atoms with Crippen molar-refractivity contribution in [2.24, 2.45) is 4.99 Å². The van der Waals surface area contributed by atoms with Crippen LogP contribution in [0.1, 0.15) is 17.9 Å². The van der Waals surface area contributed by atoms with Gasteiger partial charge in [0, 0.05) is 49.9 Å². The van der Waals surface area contributed by atoms with E-state index < -0.39 is 0 Å². The van der Waals surface area contributed by atoms with Crippen LogP contribution in [-0.2, 0) is 4.74 Å². The number of aliphatic imine (C=N–C) groups is 1. The lowest BCUT2D eigenvalue weighted by Gasteiger charge is -2.21. The van der Waals surface area contributed by atoms with E-state index in [0.29, 0.717) is 12.4 Å². The lowest BCUT2D eigenvalue weighted by molar-refractivity contribution is 0.114. The number of aromatic amines is 2. The minimum Gasteiger partial charge on any atom is -0.380 e. The summed E-state index contributed by atoms with van der Waals surface area (Å²) >= 11 is 0. The van der Waals surface area contributed by atoms with Gasteiger partial charge in [-0.1, -0.05) is 60.7 Å². The van der Waals surface area contributed by atoms with Crippen molar-refractivity contribution in [3.8, 4) is 22.3 Å². The fourth-order valence-electron chi connectivity index (χ4n) is 4.30. The highest BCUT2D eigenvalue weighted by Crippen LogP contribution is 2.36. The fraction of sp³-hybridized carbons (Fsp3) is 0.192. The molecule has 0 bridgehead atoms. The van der Waals surface area contributed by atoms with Crippen molar-refractivity contribution in [3.63, 3.8) is 0 Å². The molecule has 4 aromatic rings. The zero-order chi connectivity index (χ0) is 22.6. The molecule has 7 heteroatoms. The highest BCUT2D eigenvalue weighted by atomic mass is 16.5. The zero-order valence-corrected chi connectivity index (χ0v) is 18.5. The van der Waals surface area contributed by atoms with Crippen LogP contribution >= 0.6 is 0 Å². The summed E-state index contributed by atoms with van der Waals surface area (Å²) in [5.74, 6) is 1.24. The summed E-state index contributed by atoms with van der Waals surface area (Å²) < 4.78 is 5.61. The summed E-state index contributed by atoms with van der Waals surface area (Å²) in [5, 5.41) is 8.58. The number of hydrogen-bond donors (Lipinski definition) is 3. The first-order valence-electron chi connectivity index (χ1n) is 11.0. The van der Waals surface area contributed by atoms with Gasteiger partial charge in [0.1, 0.15) is 0 Å². The average Bonchev–Trinajstić information content (AvgIpc) is 3.64. The van der Waals surface area contributed by atoms with Crippen LogP contribution < -0.4 is 0 Å². The maximum absolute atomic E-state index is 8.58. The van der Waals surface area contributed by atoms with Gasteiger partial charge in [-0.3, -0.25) is 5.41 Å². The van der Waals surface area contributed by atoms with E-state index in [2.05, 4.69) is 44.1 Å². The van der Waals surface area contributed by atoms with Gasteiger partial charge in [0.15, 0.2) is 17.5 Å². The lowest BCUT2D eigenvalue weighted by atomic mass is 9.96. The Labute approximate surface area is 192 Å². The summed E-state index contributed by atoms with van der Waals surface area (Å²) in [4.78, 5) is 17.7. The van der Waals surface area contributed by atoms with Crippen LogP contribution in [-0.4, -0.2) is 57.8 Å². The molecule has 1 saturated heterocycles. The molecule has 0 saturated carbocycles. The van der Waals surface area contributed by atoms with E-state index in [1.807, 2.05) is 42.6 Å². The third-order valence-electron chi connectivity index (χ3n) is 5.97. The van der Waals surface area contributed by atoms with Crippen LogP contribution in [0, 0.1) is 5.41 Å². The van der Waals surface area contributed by atoms with Crippen LogP contribution in [0.25, 0.3) is 22.3 Å². The number of hydrogen-bond acceptors (Lipinski definition) is 3. The molecule has 3 N–H and O–H groups in total. The third kappa shape index (κ3) is 4.23. The number of amidine groups is 2. The molecule has 7 nitrogen and oxygen atoms in total. The summed E-state index contributed by atoms with van der Waals surface area (Å²) in [6.07, 6.45) is 6.41. The molecule has 33 heavy (non-hydrogen) atoms. The molecule has 5 rings (SSSR count). The Kier molecular flexibility index (Phi) is 5.87. The van der Waals surface area contributed by atoms with E-state index in [-0.39, 0.29) is 11.9 Å². The number of methoxy groups -OCH3 is 1. The number of nitrogens with one attached hydrogen (secondary N) is 3. The van der Waals surface area contributed by atoms with Crippen molar-refractivity contribution in [1.82, 2.24) is 19.9 Å². The number of benzene rings is 2.